The van der Waals surface area contributed by atoms with Crippen LogP contribution in [0.3, 0.4) is 0 Å². The zero-order valence-corrected chi connectivity index (χ0v) is 10.1. The van der Waals surface area contributed by atoms with E-state index in [2.05, 4.69) is 0 Å². The van der Waals surface area contributed by atoms with Crippen LogP contribution in [0, 0.1) is 0 Å². The van der Waals surface area contributed by atoms with E-state index < -0.39 is 17.6 Å². The van der Waals surface area contributed by atoms with E-state index in [0.29, 0.717) is 26.0 Å². The van der Waals surface area contributed by atoms with E-state index >= 15 is 0 Å². The number of carbonyl (C=O) groups excluding carboxylic acids is 1. The smallest absolute Gasteiger partial charge is 0.326 e. The summed E-state index contributed by atoms with van der Waals surface area (Å²) in [5.41, 5.74) is -0.801. The van der Waals surface area contributed by atoms with Crippen LogP contribution in [0.15, 0.2) is 0 Å². The molecule has 2 fully saturated rings. The predicted molar refractivity (Wildman–Crippen MR) is 60.6 cm³/mol. The highest BCUT2D eigenvalue weighted by Gasteiger charge is 2.44. The van der Waals surface area contributed by atoms with Gasteiger partial charge in [-0.3, -0.25) is 4.79 Å². The molecule has 2 heterocycles. The average molecular weight is 241 g/mol. The number of nitrogens with zero attached hydrogens (tertiary/aromatic N) is 1. The summed E-state index contributed by atoms with van der Waals surface area (Å²) in [6.07, 6.45) is 3.86. The standard InChI is InChI=1S/C12H19NO4/c1-12(6-4-8-17-12)11(16)13-7-3-2-5-9(13)10(14)15/h9H,2-8H2,1H3,(H,14,15)/t9-,12?/m0/s1. The van der Waals surface area contributed by atoms with Gasteiger partial charge in [0, 0.05) is 13.2 Å². The van der Waals surface area contributed by atoms with Crippen molar-refractivity contribution in [1.82, 2.24) is 4.90 Å². The maximum Gasteiger partial charge on any atom is 0.326 e. The molecule has 1 amide bonds. The number of rotatable bonds is 2. The molecule has 96 valence electrons. The minimum absolute atomic E-state index is 0.151. The van der Waals surface area contributed by atoms with Crippen molar-refractivity contribution >= 4 is 11.9 Å². The van der Waals surface area contributed by atoms with E-state index in [1.165, 1.54) is 4.90 Å². The summed E-state index contributed by atoms with van der Waals surface area (Å²) in [7, 11) is 0. The lowest BCUT2D eigenvalue weighted by atomic mass is 9.96. The minimum atomic E-state index is -0.903. The Hall–Kier alpha value is -1.10. The molecule has 2 rings (SSSR count). The highest BCUT2D eigenvalue weighted by molar-refractivity contribution is 5.89. The Morgan fingerprint density at radius 1 is 1.35 bits per heavy atom. The van der Waals surface area contributed by atoms with Gasteiger partial charge in [0.05, 0.1) is 0 Å². The van der Waals surface area contributed by atoms with Gasteiger partial charge in [0.25, 0.3) is 5.91 Å². The number of hydrogen-bond acceptors (Lipinski definition) is 3. The molecule has 2 saturated heterocycles. The molecule has 0 aromatic heterocycles. The molecule has 0 radical (unpaired) electrons. The SMILES string of the molecule is CC1(C(=O)N2CCCC[C@H]2C(=O)O)CCCO1. The Morgan fingerprint density at radius 3 is 2.71 bits per heavy atom. The summed E-state index contributed by atoms with van der Waals surface area (Å²) in [6.45, 7) is 2.90. The Bertz CT molecular complexity index is 322. The predicted octanol–water partition coefficient (Wildman–Crippen LogP) is 1.02. The fourth-order valence-corrected chi connectivity index (χ4v) is 2.68. The van der Waals surface area contributed by atoms with Crippen LogP contribution in [0.4, 0.5) is 0 Å². The number of carboxylic acids is 1. The van der Waals surface area contributed by atoms with Crippen molar-refractivity contribution < 1.29 is 19.4 Å². The van der Waals surface area contributed by atoms with Gasteiger partial charge in [0.15, 0.2) is 0 Å². The summed E-state index contributed by atoms with van der Waals surface area (Å²) in [5, 5.41) is 9.15. The van der Waals surface area contributed by atoms with Crippen molar-refractivity contribution in [3.8, 4) is 0 Å². The first-order chi connectivity index (χ1) is 8.04. The van der Waals surface area contributed by atoms with Crippen molar-refractivity contribution in [3.05, 3.63) is 0 Å². The molecule has 17 heavy (non-hydrogen) atoms. The number of ether oxygens (including phenoxy) is 1. The number of amides is 1. The fourth-order valence-electron chi connectivity index (χ4n) is 2.68. The summed E-state index contributed by atoms with van der Waals surface area (Å²) in [6, 6.07) is -0.669. The number of likely N-dealkylation sites (tertiary alicyclic amines) is 1. The number of aliphatic carboxylic acids is 1. The van der Waals surface area contributed by atoms with Crippen molar-refractivity contribution in [1.29, 1.82) is 0 Å². The van der Waals surface area contributed by atoms with Crippen LogP contribution in [-0.4, -0.2) is 46.7 Å². The summed E-state index contributed by atoms with van der Waals surface area (Å²) in [5.74, 6) is -1.05. The lowest BCUT2D eigenvalue weighted by Gasteiger charge is -2.37. The van der Waals surface area contributed by atoms with Crippen LogP contribution >= 0.6 is 0 Å². The largest absolute Gasteiger partial charge is 0.480 e. The van der Waals surface area contributed by atoms with E-state index in [-0.39, 0.29) is 5.91 Å². The number of carboxylic acid groups (broad SMARTS) is 1. The van der Waals surface area contributed by atoms with Crippen molar-refractivity contribution in [2.75, 3.05) is 13.2 Å². The lowest BCUT2D eigenvalue weighted by Crippen LogP contribution is -2.55. The van der Waals surface area contributed by atoms with Gasteiger partial charge in [-0.15, -0.1) is 0 Å². The van der Waals surface area contributed by atoms with Gasteiger partial charge in [0.1, 0.15) is 11.6 Å². The second-order valence-electron chi connectivity index (χ2n) is 5.03. The molecule has 0 bridgehead atoms. The molecule has 1 unspecified atom stereocenters. The molecule has 5 heteroatoms. The Kier molecular flexibility index (Phi) is 3.38. The number of carbonyl (C=O) groups is 2. The molecule has 2 aliphatic heterocycles. The summed E-state index contributed by atoms with van der Waals surface area (Å²) >= 11 is 0. The van der Waals surface area contributed by atoms with Crippen LogP contribution in [0.5, 0.6) is 0 Å². The zero-order chi connectivity index (χ0) is 12.5. The normalized spacial score (nSPS) is 33.7. The van der Waals surface area contributed by atoms with Gasteiger partial charge in [-0.1, -0.05) is 0 Å². The Labute approximate surface area is 101 Å². The van der Waals surface area contributed by atoms with Crippen LogP contribution in [0.25, 0.3) is 0 Å². The molecule has 0 aliphatic carbocycles. The second kappa shape index (κ2) is 4.64. The highest BCUT2D eigenvalue weighted by atomic mass is 16.5. The number of piperidine rings is 1. The zero-order valence-electron chi connectivity index (χ0n) is 10.1. The van der Waals surface area contributed by atoms with Crippen LogP contribution in [-0.2, 0) is 14.3 Å². The minimum Gasteiger partial charge on any atom is -0.480 e. The average Bonchev–Trinajstić information content (AvgIpc) is 2.76. The molecule has 0 saturated carbocycles. The second-order valence-corrected chi connectivity index (χ2v) is 5.03. The molecule has 2 aliphatic rings. The third-order valence-electron chi connectivity index (χ3n) is 3.72. The van der Waals surface area contributed by atoms with Gasteiger partial charge in [-0.05, 0) is 39.0 Å². The summed E-state index contributed by atoms with van der Waals surface area (Å²) < 4.78 is 5.50. The Morgan fingerprint density at radius 2 is 2.12 bits per heavy atom. The van der Waals surface area contributed by atoms with E-state index in [1.807, 2.05) is 0 Å². The first kappa shape index (κ1) is 12.4. The first-order valence-electron chi connectivity index (χ1n) is 6.22. The van der Waals surface area contributed by atoms with Crippen LogP contribution in [0.2, 0.25) is 0 Å². The molecule has 2 atom stereocenters. The lowest BCUT2D eigenvalue weighted by molar-refractivity contribution is -0.162. The first-order valence-corrected chi connectivity index (χ1v) is 6.22. The van der Waals surface area contributed by atoms with Gasteiger partial charge in [-0.2, -0.15) is 0 Å². The topological polar surface area (TPSA) is 66.8 Å². The van der Waals surface area contributed by atoms with Crippen molar-refractivity contribution in [3.63, 3.8) is 0 Å². The third kappa shape index (κ3) is 2.29. The number of hydrogen-bond donors (Lipinski definition) is 1. The molecular formula is C12H19NO4. The molecule has 0 spiro atoms. The maximum atomic E-state index is 12.4. The van der Waals surface area contributed by atoms with Gasteiger partial charge < -0.3 is 14.7 Å². The molecule has 0 aromatic rings. The van der Waals surface area contributed by atoms with Gasteiger partial charge in [0.2, 0.25) is 0 Å². The van der Waals surface area contributed by atoms with Gasteiger partial charge in [-0.25, -0.2) is 4.79 Å². The van der Waals surface area contributed by atoms with Crippen LogP contribution in [0.1, 0.15) is 39.0 Å². The highest BCUT2D eigenvalue weighted by Crippen LogP contribution is 2.30. The molecule has 5 nitrogen and oxygen atoms in total. The van der Waals surface area contributed by atoms with E-state index in [0.717, 1.165) is 19.3 Å². The quantitative estimate of drug-likeness (QED) is 0.784. The molecule has 0 aromatic carbocycles. The summed E-state index contributed by atoms with van der Waals surface area (Å²) in [4.78, 5) is 25.0. The maximum absolute atomic E-state index is 12.4. The Balaban J connectivity index is 2.13. The van der Waals surface area contributed by atoms with E-state index in [1.54, 1.807) is 6.92 Å². The van der Waals surface area contributed by atoms with Crippen molar-refractivity contribution in [2.24, 2.45) is 0 Å². The monoisotopic (exact) mass is 241 g/mol. The molecule has 1 N–H and O–H groups in total. The van der Waals surface area contributed by atoms with Crippen LogP contribution < -0.4 is 0 Å². The van der Waals surface area contributed by atoms with Gasteiger partial charge >= 0.3 is 5.97 Å². The van der Waals surface area contributed by atoms with E-state index in [9.17, 15) is 9.59 Å². The van der Waals surface area contributed by atoms with Crippen molar-refractivity contribution in [2.45, 2.75) is 50.7 Å². The third-order valence-corrected chi connectivity index (χ3v) is 3.72. The fraction of sp³-hybridized carbons (Fsp3) is 0.833. The molecular weight excluding hydrogens is 222 g/mol. The van der Waals surface area contributed by atoms with E-state index in [4.69, 9.17) is 9.84 Å².